The number of furan rings is 1. The molecule has 0 fully saturated rings. The van der Waals surface area contributed by atoms with E-state index in [2.05, 4.69) is 216 Å². The van der Waals surface area contributed by atoms with Crippen LogP contribution < -0.4 is 4.90 Å². The van der Waals surface area contributed by atoms with Gasteiger partial charge in [0.1, 0.15) is 11.2 Å². The van der Waals surface area contributed by atoms with Crippen LogP contribution in [0.1, 0.15) is 0 Å². The highest BCUT2D eigenvalue weighted by atomic mass is 16.3. The number of anilines is 3. The largest absolute Gasteiger partial charge is 0.455 e. The molecule has 268 valence electrons. The Morgan fingerprint density at radius 3 is 1.63 bits per heavy atom. The maximum Gasteiger partial charge on any atom is 0.143 e. The lowest BCUT2D eigenvalue weighted by molar-refractivity contribution is 0.670. The number of benzene rings is 9. The number of nitrogens with zero attached hydrogens (tertiary/aromatic N) is 2. The first-order chi connectivity index (χ1) is 28.3. The van der Waals surface area contributed by atoms with E-state index in [1.165, 1.54) is 38.6 Å². The average Bonchev–Trinajstić information content (AvgIpc) is 3.84. The van der Waals surface area contributed by atoms with E-state index >= 15 is 0 Å². The lowest BCUT2D eigenvalue weighted by atomic mass is 9.98. The average molecular weight is 729 g/mol. The number of rotatable bonds is 7. The lowest BCUT2D eigenvalue weighted by Crippen LogP contribution is -2.09. The maximum atomic E-state index is 6.38. The van der Waals surface area contributed by atoms with Crippen molar-refractivity contribution in [3.63, 3.8) is 0 Å². The van der Waals surface area contributed by atoms with Gasteiger partial charge in [0.05, 0.1) is 16.7 Å². The molecule has 11 aromatic rings. The standard InChI is InChI=1S/C54H36N2O/c1-2-15-41(16-3-1)55(42-34-32-39(33-35-42)45-22-13-23-49-48-21-7-11-27-53(48)57-54(45)49)43-17-12-14-40(36-43)37-28-30-38(31-29-37)44-18-4-8-24-50(44)56-51-25-9-5-19-46(51)47-20-6-10-26-52(47)56/h1-36H. The van der Waals surface area contributed by atoms with Crippen molar-refractivity contribution in [2.24, 2.45) is 0 Å². The molecule has 0 unspecified atom stereocenters. The fourth-order valence-electron chi connectivity index (χ4n) is 8.55. The molecule has 57 heavy (non-hydrogen) atoms. The zero-order valence-electron chi connectivity index (χ0n) is 31.1. The van der Waals surface area contributed by atoms with Crippen molar-refractivity contribution in [1.29, 1.82) is 0 Å². The van der Waals surface area contributed by atoms with Gasteiger partial charge in [-0.1, -0.05) is 158 Å². The van der Waals surface area contributed by atoms with E-state index in [-0.39, 0.29) is 0 Å². The molecule has 0 bridgehead atoms. The van der Waals surface area contributed by atoms with Gasteiger partial charge in [-0.2, -0.15) is 0 Å². The molecule has 3 nitrogen and oxygen atoms in total. The van der Waals surface area contributed by atoms with Crippen LogP contribution in [-0.4, -0.2) is 4.57 Å². The van der Waals surface area contributed by atoms with Gasteiger partial charge in [0, 0.05) is 49.7 Å². The Labute approximate surface area is 330 Å². The molecular weight excluding hydrogens is 693 g/mol. The Kier molecular flexibility index (Phi) is 7.82. The molecule has 0 saturated heterocycles. The highest BCUT2D eigenvalue weighted by Crippen LogP contribution is 2.41. The van der Waals surface area contributed by atoms with Crippen LogP contribution >= 0.6 is 0 Å². The van der Waals surface area contributed by atoms with E-state index in [1.54, 1.807) is 0 Å². The van der Waals surface area contributed by atoms with Crippen molar-refractivity contribution < 1.29 is 4.42 Å². The minimum absolute atomic E-state index is 0.908. The number of fused-ring (bicyclic) bond motifs is 6. The number of hydrogen-bond acceptors (Lipinski definition) is 2. The Morgan fingerprint density at radius 2 is 0.860 bits per heavy atom. The third-order valence-electron chi connectivity index (χ3n) is 11.2. The smallest absolute Gasteiger partial charge is 0.143 e. The zero-order chi connectivity index (χ0) is 37.7. The van der Waals surface area contributed by atoms with Crippen LogP contribution in [0.4, 0.5) is 17.1 Å². The summed E-state index contributed by atoms with van der Waals surface area (Å²) < 4.78 is 8.79. The summed E-state index contributed by atoms with van der Waals surface area (Å²) in [5.41, 5.74) is 15.6. The molecular formula is C54H36N2O. The molecule has 0 atom stereocenters. The molecule has 0 N–H and O–H groups in total. The van der Waals surface area contributed by atoms with Crippen LogP contribution in [-0.2, 0) is 0 Å². The van der Waals surface area contributed by atoms with E-state index in [4.69, 9.17) is 4.42 Å². The van der Waals surface area contributed by atoms with E-state index < -0.39 is 0 Å². The summed E-state index contributed by atoms with van der Waals surface area (Å²) in [6.07, 6.45) is 0. The summed E-state index contributed by atoms with van der Waals surface area (Å²) in [4.78, 5) is 2.32. The van der Waals surface area contributed by atoms with Crippen LogP contribution in [0.15, 0.2) is 223 Å². The van der Waals surface area contributed by atoms with Gasteiger partial charge in [-0.25, -0.2) is 0 Å². The van der Waals surface area contributed by atoms with Gasteiger partial charge in [0.2, 0.25) is 0 Å². The monoisotopic (exact) mass is 728 g/mol. The Hall–Kier alpha value is -7.62. The van der Waals surface area contributed by atoms with Crippen LogP contribution in [0, 0.1) is 0 Å². The predicted molar refractivity (Wildman–Crippen MR) is 239 cm³/mol. The summed E-state index contributed by atoms with van der Waals surface area (Å²) in [5, 5.41) is 4.80. The summed E-state index contributed by atoms with van der Waals surface area (Å²) in [6, 6.07) is 78.0. The van der Waals surface area contributed by atoms with Crippen molar-refractivity contribution in [2.75, 3.05) is 4.90 Å². The predicted octanol–water partition coefficient (Wildman–Crippen LogP) is 15.2. The zero-order valence-corrected chi connectivity index (χ0v) is 31.1. The lowest BCUT2D eigenvalue weighted by Gasteiger charge is -2.26. The second-order valence-corrected chi connectivity index (χ2v) is 14.5. The normalized spacial score (nSPS) is 11.5. The van der Waals surface area contributed by atoms with Gasteiger partial charge in [0.15, 0.2) is 0 Å². The van der Waals surface area contributed by atoms with Crippen molar-refractivity contribution in [3.8, 4) is 39.1 Å². The molecule has 0 saturated carbocycles. The van der Waals surface area contributed by atoms with Crippen LogP contribution in [0.25, 0.3) is 82.8 Å². The van der Waals surface area contributed by atoms with Gasteiger partial charge >= 0.3 is 0 Å². The fraction of sp³-hybridized carbons (Fsp3) is 0. The van der Waals surface area contributed by atoms with E-state index in [1.807, 2.05) is 12.1 Å². The quantitative estimate of drug-likeness (QED) is 0.163. The van der Waals surface area contributed by atoms with Gasteiger partial charge in [0.25, 0.3) is 0 Å². The first-order valence-electron chi connectivity index (χ1n) is 19.4. The van der Waals surface area contributed by atoms with E-state index in [9.17, 15) is 0 Å². The number of para-hydroxylation sites is 6. The van der Waals surface area contributed by atoms with Crippen LogP contribution in [0.2, 0.25) is 0 Å². The summed E-state index contributed by atoms with van der Waals surface area (Å²) in [7, 11) is 0. The maximum absolute atomic E-state index is 6.38. The first kappa shape index (κ1) is 32.8. The van der Waals surface area contributed by atoms with E-state index in [0.29, 0.717) is 0 Å². The summed E-state index contributed by atoms with van der Waals surface area (Å²) in [5.74, 6) is 0. The molecule has 0 aliphatic heterocycles. The van der Waals surface area contributed by atoms with Crippen LogP contribution in [0.3, 0.4) is 0 Å². The minimum Gasteiger partial charge on any atom is -0.455 e. The SMILES string of the molecule is c1ccc(N(c2ccc(-c3cccc4c3oc3ccccc34)cc2)c2cccc(-c3ccc(-c4ccccc4-n4c5ccccc5c5ccccc54)cc3)c2)cc1. The third kappa shape index (κ3) is 5.60. The second kappa shape index (κ2) is 13.6. The molecule has 11 rings (SSSR count). The highest BCUT2D eigenvalue weighted by molar-refractivity contribution is 6.10. The molecule has 0 aliphatic carbocycles. The van der Waals surface area contributed by atoms with Crippen molar-refractivity contribution in [2.45, 2.75) is 0 Å². The third-order valence-corrected chi connectivity index (χ3v) is 11.2. The summed E-state index contributed by atoms with van der Waals surface area (Å²) >= 11 is 0. The molecule has 2 aromatic heterocycles. The fourth-order valence-corrected chi connectivity index (χ4v) is 8.55. The van der Waals surface area contributed by atoms with Gasteiger partial charge in [-0.3, -0.25) is 0 Å². The molecule has 0 spiro atoms. The first-order valence-corrected chi connectivity index (χ1v) is 19.4. The molecule has 0 aliphatic rings. The highest BCUT2D eigenvalue weighted by Gasteiger charge is 2.17. The topological polar surface area (TPSA) is 21.3 Å². The Bertz CT molecular complexity index is 3170. The van der Waals surface area contributed by atoms with Gasteiger partial charge in [-0.15, -0.1) is 0 Å². The van der Waals surface area contributed by atoms with Gasteiger partial charge in [-0.05, 0) is 82.9 Å². The Morgan fingerprint density at radius 1 is 0.333 bits per heavy atom. The van der Waals surface area contributed by atoms with E-state index in [0.717, 1.165) is 61.3 Å². The molecule has 2 heterocycles. The minimum atomic E-state index is 0.908. The van der Waals surface area contributed by atoms with Crippen molar-refractivity contribution >= 4 is 60.8 Å². The second-order valence-electron chi connectivity index (χ2n) is 14.5. The van der Waals surface area contributed by atoms with Crippen molar-refractivity contribution in [3.05, 3.63) is 218 Å². The molecule has 0 radical (unpaired) electrons. The summed E-state index contributed by atoms with van der Waals surface area (Å²) in [6.45, 7) is 0. The molecule has 9 aromatic carbocycles. The molecule has 3 heteroatoms. The van der Waals surface area contributed by atoms with Gasteiger partial charge < -0.3 is 13.9 Å². The Balaban J connectivity index is 0.947. The molecule has 0 amide bonds. The van der Waals surface area contributed by atoms with Crippen molar-refractivity contribution in [1.82, 2.24) is 4.57 Å². The number of hydrogen-bond donors (Lipinski definition) is 0. The number of aromatic nitrogens is 1. The van der Waals surface area contributed by atoms with Crippen LogP contribution in [0.5, 0.6) is 0 Å².